The Kier molecular flexibility index (Phi) is 5.54. The number of nitriles is 2. The molecule has 0 saturated heterocycles. The smallest absolute Gasteiger partial charge is 0.161 e. The summed E-state index contributed by atoms with van der Waals surface area (Å²) in [6.45, 7) is 4.85. The second-order valence-electron chi connectivity index (χ2n) is 3.60. The fourth-order valence-electron chi connectivity index (χ4n) is 1.68. The third kappa shape index (κ3) is 3.40. The number of nitrogens with zero attached hydrogens (tertiary/aromatic N) is 2. The lowest BCUT2D eigenvalue weighted by Crippen LogP contribution is -2.02. The number of hydrogen-bond acceptors (Lipinski definition) is 4. The van der Waals surface area contributed by atoms with E-state index in [9.17, 15) is 0 Å². The lowest BCUT2D eigenvalue weighted by Gasteiger charge is -2.14. The van der Waals surface area contributed by atoms with Gasteiger partial charge in [-0.25, -0.2) is 0 Å². The highest BCUT2D eigenvalue weighted by Crippen LogP contribution is 2.31. The lowest BCUT2D eigenvalue weighted by molar-refractivity contribution is 0.287. The van der Waals surface area contributed by atoms with Gasteiger partial charge >= 0.3 is 0 Å². The van der Waals surface area contributed by atoms with Crippen molar-refractivity contribution in [2.24, 2.45) is 0 Å². The Morgan fingerprint density at radius 2 is 1.28 bits per heavy atom. The molecule has 1 aromatic carbocycles. The molecule has 94 valence electrons. The van der Waals surface area contributed by atoms with Crippen LogP contribution in [0.25, 0.3) is 0 Å². The molecule has 0 aliphatic rings. The monoisotopic (exact) mass is 244 g/mol. The Bertz CT molecular complexity index is 439. The number of ether oxygens (including phenoxy) is 2. The zero-order valence-corrected chi connectivity index (χ0v) is 10.7. The quantitative estimate of drug-likeness (QED) is 0.771. The molecule has 1 aromatic rings. The van der Waals surface area contributed by atoms with E-state index in [1.54, 1.807) is 12.1 Å². The van der Waals surface area contributed by atoms with Crippen LogP contribution in [0.4, 0.5) is 0 Å². The first-order valence-electron chi connectivity index (χ1n) is 5.92. The van der Waals surface area contributed by atoms with E-state index in [-0.39, 0.29) is 12.8 Å². The molecule has 4 heteroatoms. The van der Waals surface area contributed by atoms with E-state index in [1.165, 1.54) is 0 Å². The van der Waals surface area contributed by atoms with Crippen LogP contribution < -0.4 is 9.47 Å². The molecule has 0 N–H and O–H groups in total. The van der Waals surface area contributed by atoms with Crippen LogP contribution in [0, 0.1) is 22.7 Å². The molecular formula is C14H16N2O2. The van der Waals surface area contributed by atoms with Gasteiger partial charge in [0, 0.05) is 0 Å². The summed E-state index contributed by atoms with van der Waals surface area (Å²) < 4.78 is 11.0. The zero-order chi connectivity index (χ0) is 13.4. The molecule has 18 heavy (non-hydrogen) atoms. The standard InChI is InChI=1S/C14H16N2O2/c1-3-17-13-9-11(5-7-15)12(6-8-16)10-14(13)18-4-2/h9-10H,3-6H2,1-2H3. The zero-order valence-electron chi connectivity index (χ0n) is 10.7. The molecule has 0 aromatic heterocycles. The molecule has 0 radical (unpaired) electrons. The first-order chi connectivity index (χ1) is 8.76. The molecule has 0 aliphatic heterocycles. The van der Waals surface area contributed by atoms with Gasteiger partial charge in [0.2, 0.25) is 0 Å². The summed E-state index contributed by atoms with van der Waals surface area (Å²) in [5.41, 5.74) is 1.65. The fraction of sp³-hybridized carbons (Fsp3) is 0.429. The summed E-state index contributed by atoms with van der Waals surface area (Å²) in [7, 11) is 0. The number of benzene rings is 1. The number of hydrogen-bond donors (Lipinski definition) is 0. The van der Waals surface area contributed by atoms with Gasteiger partial charge < -0.3 is 9.47 Å². The minimum Gasteiger partial charge on any atom is -0.490 e. The van der Waals surface area contributed by atoms with Gasteiger partial charge in [-0.2, -0.15) is 10.5 Å². The summed E-state index contributed by atoms with van der Waals surface area (Å²) in [6, 6.07) is 7.79. The third-order valence-electron chi connectivity index (χ3n) is 2.40. The minimum absolute atomic E-state index is 0.267. The molecule has 0 spiro atoms. The van der Waals surface area contributed by atoms with Crippen molar-refractivity contribution in [3.05, 3.63) is 23.3 Å². The van der Waals surface area contributed by atoms with Crippen molar-refractivity contribution in [1.82, 2.24) is 0 Å². The normalized spacial score (nSPS) is 9.33. The molecule has 0 heterocycles. The van der Waals surface area contributed by atoms with E-state index < -0.39 is 0 Å². The SMILES string of the molecule is CCOc1cc(CC#N)c(CC#N)cc1OCC. The van der Waals surface area contributed by atoms with Crippen LogP contribution in [0.1, 0.15) is 25.0 Å². The summed E-state index contributed by atoms with van der Waals surface area (Å²) >= 11 is 0. The second kappa shape index (κ2) is 7.19. The van der Waals surface area contributed by atoms with Crippen LogP contribution in [0.2, 0.25) is 0 Å². The van der Waals surface area contributed by atoms with Crippen molar-refractivity contribution in [2.75, 3.05) is 13.2 Å². The van der Waals surface area contributed by atoms with Gasteiger partial charge in [-0.05, 0) is 37.1 Å². The van der Waals surface area contributed by atoms with E-state index >= 15 is 0 Å². The van der Waals surface area contributed by atoms with E-state index in [0.717, 1.165) is 11.1 Å². The first-order valence-corrected chi connectivity index (χ1v) is 5.92. The lowest BCUT2D eigenvalue weighted by atomic mass is 10.0. The molecule has 1 rings (SSSR count). The highest BCUT2D eigenvalue weighted by atomic mass is 16.5. The van der Waals surface area contributed by atoms with Crippen LogP contribution in [0.15, 0.2) is 12.1 Å². The van der Waals surface area contributed by atoms with Crippen LogP contribution >= 0.6 is 0 Å². The summed E-state index contributed by atoms with van der Waals surface area (Å²) in [6.07, 6.45) is 0.535. The van der Waals surface area contributed by atoms with Crippen molar-refractivity contribution in [2.45, 2.75) is 26.7 Å². The van der Waals surface area contributed by atoms with Crippen LogP contribution in [-0.2, 0) is 12.8 Å². The molecular weight excluding hydrogens is 228 g/mol. The molecule has 0 bridgehead atoms. The molecule has 0 saturated carbocycles. The third-order valence-corrected chi connectivity index (χ3v) is 2.40. The summed E-state index contributed by atoms with van der Waals surface area (Å²) in [5.74, 6) is 1.26. The average Bonchev–Trinajstić information content (AvgIpc) is 2.35. The van der Waals surface area contributed by atoms with Crippen LogP contribution in [0.3, 0.4) is 0 Å². The van der Waals surface area contributed by atoms with Gasteiger partial charge in [0.05, 0.1) is 38.2 Å². The van der Waals surface area contributed by atoms with Gasteiger partial charge in [0.25, 0.3) is 0 Å². The predicted octanol–water partition coefficient (Wildman–Crippen LogP) is 2.62. The Hall–Kier alpha value is -2.20. The average molecular weight is 244 g/mol. The second-order valence-corrected chi connectivity index (χ2v) is 3.60. The molecule has 0 atom stereocenters. The first kappa shape index (κ1) is 13.9. The van der Waals surface area contributed by atoms with Crippen molar-refractivity contribution >= 4 is 0 Å². The summed E-state index contributed by atoms with van der Waals surface area (Å²) in [4.78, 5) is 0. The maximum absolute atomic E-state index is 8.80. The Labute approximate surface area is 107 Å². The van der Waals surface area contributed by atoms with E-state index in [4.69, 9.17) is 20.0 Å². The van der Waals surface area contributed by atoms with Gasteiger partial charge in [0.1, 0.15) is 0 Å². The van der Waals surface area contributed by atoms with Crippen molar-refractivity contribution in [3.63, 3.8) is 0 Å². The van der Waals surface area contributed by atoms with E-state index in [2.05, 4.69) is 12.1 Å². The van der Waals surface area contributed by atoms with Crippen molar-refractivity contribution < 1.29 is 9.47 Å². The van der Waals surface area contributed by atoms with Crippen molar-refractivity contribution in [3.8, 4) is 23.6 Å². The maximum atomic E-state index is 8.80. The van der Waals surface area contributed by atoms with Gasteiger partial charge in [-0.15, -0.1) is 0 Å². The largest absolute Gasteiger partial charge is 0.490 e. The van der Waals surface area contributed by atoms with E-state index in [0.29, 0.717) is 24.7 Å². The topological polar surface area (TPSA) is 66.0 Å². The highest BCUT2D eigenvalue weighted by Gasteiger charge is 2.11. The van der Waals surface area contributed by atoms with Crippen LogP contribution in [-0.4, -0.2) is 13.2 Å². The summed E-state index contributed by atoms with van der Waals surface area (Å²) in [5, 5.41) is 17.6. The Balaban J connectivity index is 3.22. The highest BCUT2D eigenvalue weighted by molar-refractivity contribution is 5.49. The molecule has 0 amide bonds. The maximum Gasteiger partial charge on any atom is 0.161 e. The molecule has 0 aliphatic carbocycles. The van der Waals surface area contributed by atoms with Gasteiger partial charge in [-0.3, -0.25) is 0 Å². The van der Waals surface area contributed by atoms with Gasteiger partial charge in [0.15, 0.2) is 11.5 Å². The van der Waals surface area contributed by atoms with Crippen LogP contribution in [0.5, 0.6) is 11.5 Å². The molecule has 0 unspecified atom stereocenters. The van der Waals surface area contributed by atoms with Crippen molar-refractivity contribution in [1.29, 1.82) is 10.5 Å². The predicted molar refractivity (Wildman–Crippen MR) is 67.4 cm³/mol. The Morgan fingerprint density at radius 1 is 0.889 bits per heavy atom. The molecule has 4 nitrogen and oxygen atoms in total. The van der Waals surface area contributed by atoms with Gasteiger partial charge in [-0.1, -0.05) is 0 Å². The fourth-order valence-corrected chi connectivity index (χ4v) is 1.68. The Morgan fingerprint density at radius 3 is 1.56 bits per heavy atom. The minimum atomic E-state index is 0.267. The number of rotatable bonds is 6. The van der Waals surface area contributed by atoms with E-state index in [1.807, 2.05) is 13.8 Å². The molecule has 0 fully saturated rings.